The van der Waals surface area contributed by atoms with E-state index in [4.69, 9.17) is 4.74 Å². The highest BCUT2D eigenvalue weighted by molar-refractivity contribution is 5.89. The molecule has 1 aromatic carbocycles. The first kappa shape index (κ1) is 15.1. The lowest BCUT2D eigenvalue weighted by molar-refractivity contribution is -0.156. The van der Waals surface area contributed by atoms with Crippen LogP contribution >= 0.6 is 0 Å². The van der Waals surface area contributed by atoms with Crippen LogP contribution in [0.4, 0.5) is 0 Å². The third-order valence-electron chi connectivity index (χ3n) is 2.48. The van der Waals surface area contributed by atoms with Gasteiger partial charge in [0.05, 0.1) is 19.3 Å². The summed E-state index contributed by atoms with van der Waals surface area (Å²) in [5.74, 6) is -1.49. The van der Waals surface area contributed by atoms with Crippen LogP contribution in [0.1, 0.15) is 28.9 Å². The number of ether oxygens (including phenoxy) is 2. The van der Waals surface area contributed by atoms with Crippen molar-refractivity contribution in [3.63, 3.8) is 0 Å². The lowest BCUT2D eigenvalue weighted by Crippen LogP contribution is -2.29. The lowest BCUT2D eigenvalue weighted by Gasteiger charge is -2.16. The van der Waals surface area contributed by atoms with E-state index in [0.29, 0.717) is 0 Å². The third-order valence-corrected chi connectivity index (χ3v) is 2.48. The molecule has 0 fully saturated rings. The topological polar surface area (TPSA) is 93.1 Å². The number of hydrogen-bond acceptors (Lipinski definition) is 6. The van der Waals surface area contributed by atoms with E-state index in [1.54, 1.807) is 6.92 Å². The second-order valence-electron chi connectivity index (χ2n) is 3.76. The molecule has 0 aromatic heterocycles. The number of rotatable bonds is 5. The maximum atomic E-state index is 11.5. The van der Waals surface area contributed by atoms with Crippen LogP contribution in [0, 0.1) is 0 Å². The van der Waals surface area contributed by atoms with Crippen LogP contribution in [-0.2, 0) is 14.3 Å². The summed E-state index contributed by atoms with van der Waals surface area (Å²) >= 11 is 0. The van der Waals surface area contributed by atoms with Gasteiger partial charge in [-0.3, -0.25) is 0 Å². The van der Waals surface area contributed by atoms with E-state index in [9.17, 15) is 19.8 Å². The van der Waals surface area contributed by atoms with Gasteiger partial charge in [-0.2, -0.15) is 0 Å². The summed E-state index contributed by atoms with van der Waals surface area (Å²) in [6.45, 7) is 1.91. The van der Waals surface area contributed by atoms with Gasteiger partial charge in [0.2, 0.25) is 0 Å². The monoisotopic (exact) mass is 268 g/mol. The van der Waals surface area contributed by atoms with E-state index in [1.165, 1.54) is 24.3 Å². The molecule has 2 N–H and O–H groups in total. The maximum Gasteiger partial charge on any atom is 0.338 e. The number of aliphatic hydroxyl groups excluding tert-OH is 2. The molecule has 2 atom stereocenters. The van der Waals surface area contributed by atoms with Gasteiger partial charge >= 0.3 is 11.9 Å². The van der Waals surface area contributed by atoms with Crippen LogP contribution in [0.15, 0.2) is 24.3 Å². The Balaban J connectivity index is 2.92. The van der Waals surface area contributed by atoms with Gasteiger partial charge in [-0.05, 0) is 24.6 Å². The first-order valence-electron chi connectivity index (χ1n) is 5.72. The molecule has 0 bridgehead atoms. The van der Waals surface area contributed by atoms with Gasteiger partial charge < -0.3 is 19.7 Å². The molecule has 0 saturated heterocycles. The molecule has 0 spiro atoms. The number of carbonyl (C=O) groups excluding carboxylic acids is 2. The number of hydrogen-bond donors (Lipinski definition) is 2. The van der Waals surface area contributed by atoms with Gasteiger partial charge in [0.1, 0.15) is 6.10 Å². The van der Waals surface area contributed by atoms with E-state index in [2.05, 4.69) is 4.74 Å². The molecular weight excluding hydrogens is 252 g/mol. The zero-order valence-electron chi connectivity index (χ0n) is 10.7. The lowest BCUT2D eigenvalue weighted by atomic mass is 10.0. The number of esters is 2. The molecule has 0 aliphatic carbocycles. The largest absolute Gasteiger partial charge is 0.467 e. The summed E-state index contributed by atoms with van der Waals surface area (Å²) in [4.78, 5) is 22.6. The summed E-state index contributed by atoms with van der Waals surface area (Å²) in [5, 5.41) is 19.4. The smallest absolute Gasteiger partial charge is 0.338 e. The molecule has 19 heavy (non-hydrogen) atoms. The highest BCUT2D eigenvalue weighted by Gasteiger charge is 2.26. The van der Waals surface area contributed by atoms with Gasteiger partial charge in [0, 0.05) is 0 Å². The Labute approximate surface area is 110 Å². The zero-order valence-corrected chi connectivity index (χ0v) is 10.7. The van der Waals surface area contributed by atoms with Crippen LogP contribution in [0.3, 0.4) is 0 Å². The van der Waals surface area contributed by atoms with Gasteiger partial charge in [-0.15, -0.1) is 0 Å². The minimum atomic E-state index is -1.71. The van der Waals surface area contributed by atoms with Crippen LogP contribution in [0.2, 0.25) is 0 Å². The molecule has 0 amide bonds. The first-order chi connectivity index (χ1) is 9.01. The molecule has 104 valence electrons. The SMILES string of the molecule is CCOC(=O)c1cccc(C(O)C(O)C(=O)OC)c1. The van der Waals surface area contributed by atoms with Gasteiger partial charge in [-0.25, -0.2) is 9.59 Å². The molecule has 0 aliphatic heterocycles. The number of carbonyl (C=O) groups is 2. The van der Waals surface area contributed by atoms with Crippen molar-refractivity contribution < 1.29 is 29.3 Å². The predicted molar refractivity (Wildman–Crippen MR) is 65.4 cm³/mol. The minimum Gasteiger partial charge on any atom is -0.467 e. The molecule has 0 radical (unpaired) electrons. The number of methoxy groups -OCH3 is 1. The summed E-state index contributed by atoms with van der Waals surface area (Å²) in [5.41, 5.74) is 0.457. The molecule has 0 aliphatic rings. The van der Waals surface area contributed by atoms with Crippen LogP contribution < -0.4 is 0 Å². The maximum absolute atomic E-state index is 11.5. The van der Waals surface area contributed by atoms with Gasteiger partial charge in [-0.1, -0.05) is 12.1 Å². The molecular formula is C13H16O6. The van der Waals surface area contributed by atoms with Gasteiger partial charge in [0.25, 0.3) is 0 Å². The Hall–Kier alpha value is -1.92. The molecule has 1 aromatic rings. The van der Waals surface area contributed by atoms with Crippen LogP contribution in [0.5, 0.6) is 0 Å². The fourth-order valence-electron chi connectivity index (χ4n) is 1.50. The normalized spacial score (nSPS) is 13.5. The summed E-state index contributed by atoms with van der Waals surface area (Å²) in [7, 11) is 1.10. The van der Waals surface area contributed by atoms with E-state index >= 15 is 0 Å². The Morgan fingerprint density at radius 1 is 1.32 bits per heavy atom. The predicted octanol–water partition coefficient (Wildman–Crippen LogP) is 0.431. The van der Waals surface area contributed by atoms with E-state index in [1.807, 2.05) is 0 Å². The number of benzene rings is 1. The molecule has 0 heterocycles. The van der Waals surface area contributed by atoms with Crippen molar-refractivity contribution >= 4 is 11.9 Å². The fraction of sp³-hybridized carbons (Fsp3) is 0.385. The summed E-state index contributed by atoms with van der Waals surface area (Å²) < 4.78 is 9.15. The molecule has 2 unspecified atom stereocenters. The minimum absolute atomic E-state index is 0.225. The van der Waals surface area contributed by atoms with Crippen molar-refractivity contribution in [3.8, 4) is 0 Å². The van der Waals surface area contributed by atoms with Crippen molar-refractivity contribution in [1.82, 2.24) is 0 Å². The Morgan fingerprint density at radius 2 is 2.00 bits per heavy atom. The highest BCUT2D eigenvalue weighted by atomic mass is 16.5. The second-order valence-corrected chi connectivity index (χ2v) is 3.76. The van der Waals surface area contributed by atoms with E-state index in [-0.39, 0.29) is 17.7 Å². The average molecular weight is 268 g/mol. The summed E-state index contributed by atoms with van der Waals surface area (Å²) in [6, 6.07) is 5.88. The van der Waals surface area contributed by atoms with E-state index in [0.717, 1.165) is 7.11 Å². The Bertz CT molecular complexity index is 456. The first-order valence-corrected chi connectivity index (χ1v) is 5.72. The average Bonchev–Trinajstić information content (AvgIpc) is 2.45. The van der Waals surface area contributed by atoms with E-state index < -0.39 is 24.1 Å². The fourth-order valence-corrected chi connectivity index (χ4v) is 1.50. The van der Waals surface area contributed by atoms with Crippen LogP contribution in [0.25, 0.3) is 0 Å². The molecule has 6 nitrogen and oxygen atoms in total. The molecule has 6 heteroatoms. The van der Waals surface area contributed by atoms with Crippen molar-refractivity contribution in [1.29, 1.82) is 0 Å². The highest BCUT2D eigenvalue weighted by Crippen LogP contribution is 2.19. The van der Waals surface area contributed by atoms with Crippen molar-refractivity contribution in [2.45, 2.75) is 19.1 Å². The van der Waals surface area contributed by atoms with Crippen molar-refractivity contribution in [2.75, 3.05) is 13.7 Å². The molecule has 0 saturated carbocycles. The number of aliphatic hydroxyl groups is 2. The Morgan fingerprint density at radius 3 is 2.58 bits per heavy atom. The molecule has 1 rings (SSSR count). The standard InChI is InChI=1S/C13H16O6/c1-3-19-12(16)9-6-4-5-8(7-9)10(14)11(15)13(17)18-2/h4-7,10-11,14-15H,3H2,1-2H3. The zero-order chi connectivity index (χ0) is 14.4. The third kappa shape index (κ3) is 3.77. The van der Waals surface area contributed by atoms with Gasteiger partial charge in [0.15, 0.2) is 6.10 Å². The second kappa shape index (κ2) is 6.86. The Kier molecular flexibility index (Phi) is 5.47. The van der Waals surface area contributed by atoms with Crippen molar-refractivity contribution in [3.05, 3.63) is 35.4 Å². The van der Waals surface area contributed by atoms with Crippen LogP contribution in [-0.4, -0.2) is 42.0 Å². The van der Waals surface area contributed by atoms with Crippen molar-refractivity contribution in [2.24, 2.45) is 0 Å². The quantitative estimate of drug-likeness (QED) is 0.752. The summed E-state index contributed by atoms with van der Waals surface area (Å²) in [6.07, 6.45) is -3.18.